The SMILES string of the molecule is CCS(=O)(=O)CCNC1CCC(N)CC1. The van der Waals surface area contributed by atoms with Gasteiger partial charge < -0.3 is 11.1 Å². The van der Waals surface area contributed by atoms with Crippen LogP contribution in [0.25, 0.3) is 0 Å². The van der Waals surface area contributed by atoms with Gasteiger partial charge in [-0.15, -0.1) is 0 Å². The van der Waals surface area contributed by atoms with Gasteiger partial charge in [0.15, 0.2) is 9.84 Å². The van der Waals surface area contributed by atoms with E-state index >= 15 is 0 Å². The highest BCUT2D eigenvalue weighted by atomic mass is 32.2. The van der Waals surface area contributed by atoms with Crippen molar-refractivity contribution in [2.24, 2.45) is 5.73 Å². The van der Waals surface area contributed by atoms with Crippen molar-refractivity contribution < 1.29 is 8.42 Å². The van der Waals surface area contributed by atoms with Crippen molar-refractivity contribution in [3.05, 3.63) is 0 Å². The lowest BCUT2D eigenvalue weighted by atomic mass is 9.92. The van der Waals surface area contributed by atoms with Crippen molar-refractivity contribution in [2.75, 3.05) is 18.1 Å². The average molecular weight is 234 g/mol. The molecule has 0 atom stereocenters. The Kier molecular flexibility index (Phi) is 5.02. The first-order valence-corrected chi connectivity index (χ1v) is 7.55. The van der Waals surface area contributed by atoms with E-state index in [1.54, 1.807) is 6.92 Å². The van der Waals surface area contributed by atoms with Gasteiger partial charge >= 0.3 is 0 Å². The lowest BCUT2D eigenvalue weighted by Gasteiger charge is -2.26. The highest BCUT2D eigenvalue weighted by Crippen LogP contribution is 2.16. The molecule has 0 aromatic carbocycles. The number of sulfone groups is 1. The number of nitrogens with one attached hydrogen (secondary N) is 1. The fourth-order valence-electron chi connectivity index (χ4n) is 1.89. The Morgan fingerprint density at radius 1 is 1.27 bits per heavy atom. The zero-order valence-corrected chi connectivity index (χ0v) is 10.2. The van der Waals surface area contributed by atoms with Gasteiger partial charge in [-0.05, 0) is 25.7 Å². The summed E-state index contributed by atoms with van der Waals surface area (Å²) in [6, 6.07) is 0.819. The van der Waals surface area contributed by atoms with E-state index in [1.807, 2.05) is 0 Å². The molecule has 15 heavy (non-hydrogen) atoms. The monoisotopic (exact) mass is 234 g/mol. The second-order valence-electron chi connectivity index (χ2n) is 4.30. The third-order valence-corrected chi connectivity index (χ3v) is 4.76. The van der Waals surface area contributed by atoms with Crippen LogP contribution in [0, 0.1) is 0 Å². The molecule has 90 valence electrons. The molecule has 1 aliphatic carbocycles. The molecule has 0 unspecified atom stereocenters. The zero-order chi connectivity index (χ0) is 11.3. The third-order valence-electron chi connectivity index (χ3n) is 3.06. The Labute approximate surface area is 92.5 Å². The summed E-state index contributed by atoms with van der Waals surface area (Å²) in [6.45, 7) is 2.27. The summed E-state index contributed by atoms with van der Waals surface area (Å²) >= 11 is 0. The van der Waals surface area contributed by atoms with Gasteiger partial charge in [0.05, 0.1) is 5.75 Å². The van der Waals surface area contributed by atoms with Crippen LogP contribution >= 0.6 is 0 Å². The molecule has 0 aromatic rings. The lowest BCUT2D eigenvalue weighted by molar-refractivity contribution is 0.348. The first kappa shape index (κ1) is 12.9. The summed E-state index contributed by atoms with van der Waals surface area (Å²) < 4.78 is 22.5. The van der Waals surface area contributed by atoms with Crippen molar-refractivity contribution in [1.29, 1.82) is 0 Å². The van der Waals surface area contributed by atoms with Gasteiger partial charge in [-0.1, -0.05) is 6.92 Å². The van der Waals surface area contributed by atoms with Crippen molar-refractivity contribution >= 4 is 9.84 Å². The zero-order valence-electron chi connectivity index (χ0n) is 9.41. The maximum Gasteiger partial charge on any atom is 0.151 e. The minimum absolute atomic E-state index is 0.240. The van der Waals surface area contributed by atoms with Gasteiger partial charge in [0.2, 0.25) is 0 Å². The Morgan fingerprint density at radius 2 is 1.87 bits per heavy atom. The van der Waals surface area contributed by atoms with E-state index < -0.39 is 9.84 Å². The van der Waals surface area contributed by atoms with Gasteiger partial charge in [0.1, 0.15) is 0 Å². The molecule has 5 heteroatoms. The Morgan fingerprint density at radius 3 is 2.40 bits per heavy atom. The molecule has 1 rings (SSSR count). The smallest absolute Gasteiger partial charge is 0.151 e. The Hall–Kier alpha value is -0.130. The van der Waals surface area contributed by atoms with E-state index in [9.17, 15) is 8.42 Å². The Balaban J connectivity index is 2.16. The van der Waals surface area contributed by atoms with Gasteiger partial charge in [-0.25, -0.2) is 8.42 Å². The summed E-state index contributed by atoms with van der Waals surface area (Å²) in [5.41, 5.74) is 5.79. The van der Waals surface area contributed by atoms with Gasteiger partial charge in [-0.3, -0.25) is 0 Å². The topological polar surface area (TPSA) is 72.2 Å². The molecular formula is C10H22N2O2S. The van der Waals surface area contributed by atoms with Crippen molar-refractivity contribution in [1.82, 2.24) is 5.32 Å². The van der Waals surface area contributed by atoms with E-state index in [1.165, 1.54) is 0 Å². The standard InChI is InChI=1S/C10H22N2O2S/c1-2-15(13,14)8-7-12-10-5-3-9(11)4-6-10/h9-10,12H,2-8,11H2,1H3. The maximum atomic E-state index is 11.2. The van der Waals surface area contributed by atoms with Crippen molar-refractivity contribution in [2.45, 2.75) is 44.7 Å². The molecule has 0 saturated heterocycles. The fourth-order valence-corrected chi connectivity index (χ4v) is 2.60. The number of hydrogen-bond donors (Lipinski definition) is 2. The molecule has 3 N–H and O–H groups in total. The summed E-state index contributed by atoms with van der Waals surface area (Å²) in [6.07, 6.45) is 4.26. The fraction of sp³-hybridized carbons (Fsp3) is 1.00. The van der Waals surface area contributed by atoms with Gasteiger partial charge in [0.25, 0.3) is 0 Å². The van der Waals surface area contributed by atoms with E-state index in [0.29, 0.717) is 18.6 Å². The van der Waals surface area contributed by atoms with E-state index in [2.05, 4.69) is 5.32 Å². The third kappa shape index (κ3) is 4.95. The molecule has 0 radical (unpaired) electrons. The maximum absolute atomic E-state index is 11.2. The molecule has 0 aromatic heterocycles. The Bertz CT molecular complexity index is 269. The van der Waals surface area contributed by atoms with Crippen LogP contribution < -0.4 is 11.1 Å². The highest BCUT2D eigenvalue weighted by molar-refractivity contribution is 7.91. The molecular weight excluding hydrogens is 212 g/mol. The number of rotatable bonds is 5. The number of hydrogen-bond acceptors (Lipinski definition) is 4. The summed E-state index contributed by atoms with van der Waals surface area (Å²) in [5.74, 6) is 0.496. The minimum Gasteiger partial charge on any atom is -0.328 e. The van der Waals surface area contributed by atoms with Crippen LogP contribution in [0.4, 0.5) is 0 Å². The van der Waals surface area contributed by atoms with Crippen LogP contribution in [0.3, 0.4) is 0 Å². The minimum atomic E-state index is -2.82. The quantitative estimate of drug-likeness (QED) is 0.717. The highest BCUT2D eigenvalue weighted by Gasteiger charge is 2.18. The first-order valence-electron chi connectivity index (χ1n) is 5.73. The molecule has 4 nitrogen and oxygen atoms in total. The molecule has 0 spiro atoms. The van der Waals surface area contributed by atoms with Crippen molar-refractivity contribution in [3.8, 4) is 0 Å². The molecule has 0 amide bonds. The van der Waals surface area contributed by atoms with E-state index in [4.69, 9.17) is 5.73 Å². The molecule has 1 aliphatic rings. The summed E-state index contributed by atoms with van der Waals surface area (Å²) in [4.78, 5) is 0. The predicted octanol–water partition coefficient (Wildman–Crippen LogP) is 0.281. The van der Waals surface area contributed by atoms with Crippen LogP contribution in [0.15, 0.2) is 0 Å². The second kappa shape index (κ2) is 5.82. The normalized spacial score (nSPS) is 27.9. The van der Waals surface area contributed by atoms with Gasteiger partial charge in [0, 0.05) is 24.4 Å². The van der Waals surface area contributed by atoms with Gasteiger partial charge in [-0.2, -0.15) is 0 Å². The summed E-state index contributed by atoms with van der Waals surface area (Å²) in [5, 5.41) is 3.30. The second-order valence-corrected chi connectivity index (χ2v) is 6.77. The lowest BCUT2D eigenvalue weighted by Crippen LogP contribution is -2.39. The molecule has 0 aliphatic heterocycles. The molecule has 0 heterocycles. The molecule has 1 fully saturated rings. The van der Waals surface area contributed by atoms with Crippen LogP contribution in [-0.2, 0) is 9.84 Å². The van der Waals surface area contributed by atoms with Crippen LogP contribution in [0.2, 0.25) is 0 Å². The van der Waals surface area contributed by atoms with E-state index in [-0.39, 0.29) is 11.5 Å². The van der Waals surface area contributed by atoms with Crippen LogP contribution in [0.1, 0.15) is 32.6 Å². The first-order chi connectivity index (χ1) is 7.03. The largest absolute Gasteiger partial charge is 0.328 e. The van der Waals surface area contributed by atoms with Crippen LogP contribution in [-0.4, -0.2) is 38.6 Å². The molecule has 0 bridgehead atoms. The van der Waals surface area contributed by atoms with E-state index in [0.717, 1.165) is 25.7 Å². The van der Waals surface area contributed by atoms with Crippen molar-refractivity contribution in [3.63, 3.8) is 0 Å². The predicted molar refractivity (Wildman–Crippen MR) is 62.6 cm³/mol. The summed E-state index contributed by atoms with van der Waals surface area (Å²) in [7, 11) is -2.82. The molecule has 1 saturated carbocycles. The van der Waals surface area contributed by atoms with Crippen LogP contribution in [0.5, 0.6) is 0 Å². The average Bonchev–Trinajstić information content (AvgIpc) is 2.21. The number of nitrogens with two attached hydrogens (primary N) is 1.